The zero-order valence-corrected chi connectivity index (χ0v) is 11.0. The number of ether oxygens (including phenoxy) is 2. The second kappa shape index (κ2) is 7.79. The van der Waals surface area contributed by atoms with Gasteiger partial charge in [0, 0.05) is 11.0 Å². The van der Waals surface area contributed by atoms with Crippen molar-refractivity contribution in [1.29, 1.82) is 0 Å². The monoisotopic (exact) mass is 268 g/mol. The maximum Gasteiger partial charge on any atom is 0.330 e. The summed E-state index contributed by atoms with van der Waals surface area (Å²) >= 11 is 1.64. The number of aliphatic hydroxyl groups is 1. The van der Waals surface area contributed by atoms with E-state index >= 15 is 0 Å². The Morgan fingerprint density at radius 3 is 2.67 bits per heavy atom. The zero-order valence-electron chi connectivity index (χ0n) is 10.2. The number of rotatable bonds is 7. The van der Waals surface area contributed by atoms with Gasteiger partial charge in [0.2, 0.25) is 0 Å². The molecule has 0 heterocycles. The molecular weight excluding hydrogens is 252 g/mol. The minimum Gasteiger partial charge on any atom is -0.490 e. The standard InChI is InChI=1S/C13H16O4S/c1-3-13(15)17-11(8-14)9-16-10-4-6-12(18-2)7-5-10/h3-7,11,14H,1,8-9H2,2H3. The Balaban J connectivity index is 2.46. The van der Waals surface area contributed by atoms with Gasteiger partial charge in [-0.3, -0.25) is 0 Å². The van der Waals surface area contributed by atoms with E-state index in [4.69, 9.17) is 14.6 Å². The van der Waals surface area contributed by atoms with Crippen molar-refractivity contribution in [1.82, 2.24) is 0 Å². The summed E-state index contributed by atoms with van der Waals surface area (Å²) in [5.41, 5.74) is 0. The molecule has 1 atom stereocenters. The normalized spacial score (nSPS) is 11.7. The summed E-state index contributed by atoms with van der Waals surface area (Å²) in [6.45, 7) is 3.10. The van der Waals surface area contributed by atoms with Crippen LogP contribution in [0.5, 0.6) is 5.75 Å². The van der Waals surface area contributed by atoms with Gasteiger partial charge in [-0.15, -0.1) is 11.8 Å². The van der Waals surface area contributed by atoms with Crippen molar-refractivity contribution in [3.8, 4) is 5.75 Å². The molecule has 1 N–H and O–H groups in total. The van der Waals surface area contributed by atoms with Crippen molar-refractivity contribution in [2.24, 2.45) is 0 Å². The maximum absolute atomic E-state index is 11.0. The van der Waals surface area contributed by atoms with Crippen LogP contribution in [0.25, 0.3) is 0 Å². The van der Waals surface area contributed by atoms with Gasteiger partial charge >= 0.3 is 5.97 Å². The highest BCUT2D eigenvalue weighted by Crippen LogP contribution is 2.19. The molecule has 0 aliphatic heterocycles. The van der Waals surface area contributed by atoms with Gasteiger partial charge in [-0.1, -0.05) is 6.58 Å². The Bertz CT molecular complexity index is 388. The topological polar surface area (TPSA) is 55.8 Å². The highest BCUT2D eigenvalue weighted by Gasteiger charge is 2.12. The average Bonchev–Trinajstić information content (AvgIpc) is 2.43. The number of aliphatic hydroxyl groups excluding tert-OH is 1. The fourth-order valence-electron chi connectivity index (χ4n) is 1.20. The summed E-state index contributed by atoms with van der Waals surface area (Å²) in [6, 6.07) is 7.53. The molecule has 18 heavy (non-hydrogen) atoms. The Labute approximate surface area is 111 Å². The van der Waals surface area contributed by atoms with Gasteiger partial charge in [0.05, 0.1) is 6.61 Å². The van der Waals surface area contributed by atoms with Crippen LogP contribution in [0.4, 0.5) is 0 Å². The molecule has 0 saturated carbocycles. The predicted molar refractivity (Wildman–Crippen MR) is 70.9 cm³/mol. The van der Waals surface area contributed by atoms with E-state index in [0.717, 1.165) is 11.0 Å². The van der Waals surface area contributed by atoms with Crippen LogP contribution in [0.3, 0.4) is 0 Å². The number of benzene rings is 1. The fraction of sp³-hybridized carbons (Fsp3) is 0.308. The lowest BCUT2D eigenvalue weighted by atomic mass is 10.3. The van der Waals surface area contributed by atoms with Crippen LogP contribution < -0.4 is 4.74 Å². The second-order valence-electron chi connectivity index (χ2n) is 3.43. The lowest BCUT2D eigenvalue weighted by molar-refractivity contribution is -0.146. The summed E-state index contributed by atoms with van der Waals surface area (Å²) in [5.74, 6) is 0.0938. The van der Waals surface area contributed by atoms with Crippen molar-refractivity contribution in [2.75, 3.05) is 19.5 Å². The van der Waals surface area contributed by atoms with Crippen molar-refractivity contribution < 1.29 is 19.4 Å². The molecule has 98 valence electrons. The zero-order chi connectivity index (χ0) is 13.4. The second-order valence-corrected chi connectivity index (χ2v) is 4.31. The van der Waals surface area contributed by atoms with E-state index in [0.29, 0.717) is 5.75 Å². The van der Waals surface area contributed by atoms with Gasteiger partial charge in [0.15, 0.2) is 6.10 Å². The van der Waals surface area contributed by atoms with Crippen molar-refractivity contribution in [3.05, 3.63) is 36.9 Å². The first-order chi connectivity index (χ1) is 8.69. The van der Waals surface area contributed by atoms with Crippen LogP contribution in [-0.2, 0) is 9.53 Å². The van der Waals surface area contributed by atoms with Gasteiger partial charge in [-0.25, -0.2) is 4.79 Å². The molecule has 0 amide bonds. The molecule has 0 aromatic heterocycles. The summed E-state index contributed by atoms with van der Waals surface area (Å²) in [6.07, 6.45) is 2.36. The van der Waals surface area contributed by atoms with Gasteiger partial charge in [0.1, 0.15) is 12.4 Å². The SMILES string of the molecule is C=CC(=O)OC(CO)COc1ccc(SC)cc1. The first-order valence-corrected chi connectivity index (χ1v) is 6.62. The lowest BCUT2D eigenvalue weighted by Gasteiger charge is -2.15. The predicted octanol–water partition coefficient (Wildman–Crippen LogP) is 1.88. The molecule has 4 nitrogen and oxygen atoms in total. The van der Waals surface area contributed by atoms with Crippen LogP contribution in [0.1, 0.15) is 0 Å². The fourth-order valence-corrected chi connectivity index (χ4v) is 1.61. The molecule has 1 aromatic carbocycles. The van der Waals surface area contributed by atoms with E-state index in [-0.39, 0.29) is 13.2 Å². The highest BCUT2D eigenvalue weighted by molar-refractivity contribution is 7.98. The summed E-state index contributed by atoms with van der Waals surface area (Å²) in [7, 11) is 0. The average molecular weight is 268 g/mol. The maximum atomic E-state index is 11.0. The number of esters is 1. The van der Waals surface area contributed by atoms with E-state index in [9.17, 15) is 4.79 Å². The smallest absolute Gasteiger partial charge is 0.330 e. The number of thioether (sulfide) groups is 1. The highest BCUT2D eigenvalue weighted by atomic mass is 32.2. The van der Waals surface area contributed by atoms with E-state index in [2.05, 4.69) is 6.58 Å². The van der Waals surface area contributed by atoms with E-state index in [1.807, 2.05) is 30.5 Å². The number of hydrogen-bond donors (Lipinski definition) is 1. The van der Waals surface area contributed by atoms with E-state index < -0.39 is 12.1 Å². The summed E-state index contributed by atoms with van der Waals surface area (Å²) < 4.78 is 10.3. The third-order valence-corrected chi connectivity index (χ3v) is 2.89. The van der Waals surface area contributed by atoms with Crippen LogP contribution in [0.15, 0.2) is 41.8 Å². The molecule has 0 radical (unpaired) electrons. The Kier molecular flexibility index (Phi) is 6.32. The Morgan fingerprint density at radius 2 is 2.17 bits per heavy atom. The molecule has 0 bridgehead atoms. The molecule has 0 saturated heterocycles. The van der Waals surface area contributed by atoms with Crippen LogP contribution >= 0.6 is 11.8 Å². The molecule has 1 rings (SSSR count). The molecule has 5 heteroatoms. The van der Waals surface area contributed by atoms with Crippen LogP contribution in [0.2, 0.25) is 0 Å². The molecule has 0 aliphatic rings. The summed E-state index contributed by atoms with van der Waals surface area (Å²) in [4.78, 5) is 12.1. The quantitative estimate of drug-likeness (QED) is 0.465. The first-order valence-electron chi connectivity index (χ1n) is 5.40. The van der Waals surface area contributed by atoms with Gasteiger partial charge < -0.3 is 14.6 Å². The van der Waals surface area contributed by atoms with Gasteiger partial charge in [-0.05, 0) is 30.5 Å². The molecule has 0 fully saturated rings. The molecule has 1 unspecified atom stereocenters. The van der Waals surface area contributed by atoms with Crippen molar-refractivity contribution in [3.63, 3.8) is 0 Å². The lowest BCUT2D eigenvalue weighted by Crippen LogP contribution is -2.27. The summed E-state index contributed by atoms with van der Waals surface area (Å²) in [5, 5.41) is 9.04. The third kappa shape index (κ3) is 4.81. The number of carbonyl (C=O) groups is 1. The van der Waals surface area contributed by atoms with Gasteiger partial charge in [-0.2, -0.15) is 0 Å². The van der Waals surface area contributed by atoms with Crippen molar-refractivity contribution in [2.45, 2.75) is 11.0 Å². The Morgan fingerprint density at radius 1 is 1.50 bits per heavy atom. The molecule has 0 spiro atoms. The van der Waals surface area contributed by atoms with Crippen molar-refractivity contribution >= 4 is 17.7 Å². The van der Waals surface area contributed by atoms with Crippen LogP contribution in [0, 0.1) is 0 Å². The Hall–Kier alpha value is -1.46. The molecular formula is C13H16O4S. The largest absolute Gasteiger partial charge is 0.490 e. The first kappa shape index (κ1) is 14.6. The molecule has 0 aliphatic carbocycles. The third-order valence-electron chi connectivity index (χ3n) is 2.15. The van der Waals surface area contributed by atoms with Crippen LogP contribution in [-0.4, -0.2) is 36.6 Å². The minimum absolute atomic E-state index is 0.106. The van der Waals surface area contributed by atoms with E-state index in [1.165, 1.54) is 0 Å². The molecule has 1 aromatic rings. The number of carbonyl (C=O) groups excluding carboxylic acids is 1. The number of hydrogen-bond acceptors (Lipinski definition) is 5. The minimum atomic E-state index is -0.685. The van der Waals surface area contributed by atoms with E-state index in [1.54, 1.807) is 11.8 Å². The van der Waals surface area contributed by atoms with Gasteiger partial charge in [0.25, 0.3) is 0 Å².